The van der Waals surface area contributed by atoms with Crippen LogP contribution in [-0.4, -0.2) is 34.4 Å². The molecule has 4 rings (SSSR count). The quantitative estimate of drug-likeness (QED) is 0.898. The number of carbonyl (C=O) groups is 1. The van der Waals surface area contributed by atoms with Gasteiger partial charge in [-0.25, -0.2) is 4.68 Å². The Bertz CT molecular complexity index is 899. The van der Waals surface area contributed by atoms with Crippen LogP contribution >= 0.6 is 0 Å². The summed E-state index contributed by atoms with van der Waals surface area (Å²) in [6.07, 6.45) is 3.82. The fraction of sp³-hybridized carbons (Fsp3) is 0.450. The number of aryl methyl sites for hydroxylation is 1. The molecule has 7 nitrogen and oxygen atoms in total. The number of fused-ring (bicyclic) bond motifs is 2. The summed E-state index contributed by atoms with van der Waals surface area (Å²) in [5.74, 6) is 1.20. The first kappa shape index (κ1) is 17.4. The van der Waals surface area contributed by atoms with Gasteiger partial charge in [-0.3, -0.25) is 4.79 Å². The molecule has 3 heterocycles. The molecule has 7 heteroatoms. The zero-order valence-corrected chi connectivity index (χ0v) is 15.3. The van der Waals surface area contributed by atoms with Crippen molar-refractivity contribution < 1.29 is 14.3 Å². The van der Waals surface area contributed by atoms with Gasteiger partial charge in [0, 0.05) is 19.0 Å². The van der Waals surface area contributed by atoms with Crippen molar-refractivity contribution in [3.05, 3.63) is 41.1 Å². The molecule has 1 N–H and O–H groups in total. The lowest BCUT2D eigenvalue weighted by Crippen LogP contribution is -2.42. The average molecular weight is 366 g/mol. The van der Waals surface area contributed by atoms with E-state index in [1.165, 1.54) is 0 Å². The van der Waals surface area contributed by atoms with E-state index in [1.807, 2.05) is 6.07 Å². The summed E-state index contributed by atoms with van der Waals surface area (Å²) < 4.78 is 13.4. The van der Waals surface area contributed by atoms with Gasteiger partial charge < -0.3 is 14.8 Å². The van der Waals surface area contributed by atoms with Gasteiger partial charge in [0.15, 0.2) is 5.69 Å². The molecule has 0 saturated carbocycles. The van der Waals surface area contributed by atoms with E-state index in [1.54, 1.807) is 22.9 Å². The lowest BCUT2D eigenvalue weighted by Gasteiger charge is -2.25. The Labute approximate surface area is 157 Å². The third-order valence-electron chi connectivity index (χ3n) is 4.97. The van der Waals surface area contributed by atoms with E-state index in [-0.39, 0.29) is 18.1 Å². The van der Waals surface area contributed by atoms with Gasteiger partial charge in [-0.1, -0.05) is 13.3 Å². The molecule has 2 aliphatic rings. The third-order valence-corrected chi connectivity index (χ3v) is 4.97. The minimum absolute atomic E-state index is 0.161. The van der Waals surface area contributed by atoms with E-state index in [0.717, 1.165) is 37.1 Å². The molecule has 140 valence electrons. The van der Waals surface area contributed by atoms with Crippen LogP contribution in [0, 0.1) is 11.3 Å². The maximum Gasteiger partial charge on any atom is 0.272 e. The summed E-state index contributed by atoms with van der Waals surface area (Å²) in [6.45, 7) is 3.30. The summed E-state index contributed by atoms with van der Waals surface area (Å²) in [5.41, 5.74) is 1.88. The van der Waals surface area contributed by atoms with E-state index >= 15 is 0 Å². The maximum absolute atomic E-state index is 12.6. The highest BCUT2D eigenvalue weighted by atomic mass is 16.5. The second-order valence-corrected chi connectivity index (χ2v) is 7.03. The Hall–Kier alpha value is -3.01. The van der Waals surface area contributed by atoms with Crippen molar-refractivity contribution in [2.45, 2.75) is 51.3 Å². The van der Waals surface area contributed by atoms with E-state index < -0.39 is 0 Å². The van der Waals surface area contributed by atoms with Crippen LogP contribution in [0.25, 0.3) is 0 Å². The number of hydrogen-bond acceptors (Lipinski definition) is 5. The Morgan fingerprint density at radius 1 is 1.44 bits per heavy atom. The number of rotatable bonds is 4. The molecule has 0 fully saturated rings. The Morgan fingerprint density at radius 2 is 2.33 bits per heavy atom. The normalized spacial score (nSPS) is 20.4. The minimum Gasteiger partial charge on any atom is -0.491 e. The molecular weight excluding hydrogens is 344 g/mol. The highest BCUT2D eigenvalue weighted by Gasteiger charge is 2.26. The van der Waals surface area contributed by atoms with Gasteiger partial charge in [-0.2, -0.15) is 10.4 Å². The molecule has 27 heavy (non-hydrogen) atoms. The number of nitrogens with one attached hydrogen (secondary N) is 1. The molecule has 1 aromatic carbocycles. The van der Waals surface area contributed by atoms with Gasteiger partial charge >= 0.3 is 0 Å². The largest absolute Gasteiger partial charge is 0.491 e. The van der Waals surface area contributed by atoms with Gasteiger partial charge in [-0.05, 0) is 36.6 Å². The highest BCUT2D eigenvalue weighted by molar-refractivity contribution is 5.92. The van der Waals surface area contributed by atoms with Crippen molar-refractivity contribution in [1.82, 2.24) is 15.1 Å². The predicted molar refractivity (Wildman–Crippen MR) is 97.8 cm³/mol. The first-order valence-electron chi connectivity index (χ1n) is 9.37. The van der Waals surface area contributed by atoms with Crippen molar-refractivity contribution in [3.8, 4) is 17.7 Å². The Morgan fingerprint density at radius 3 is 3.15 bits per heavy atom. The smallest absolute Gasteiger partial charge is 0.272 e. The number of hydrogen-bond donors (Lipinski definition) is 1. The standard InChI is InChI=1S/C20H22N4O3/c1-2-3-16-6-7-24-19(27-16)10-17(23-24)20(25)22-15-9-14-8-13(11-21)4-5-18(14)26-12-15/h4-5,8,10,15-16H,2-3,6-7,9,12H2,1H3,(H,22,25). The molecule has 2 aromatic rings. The number of amides is 1. The first-order chi connectivity index (χ1) is 13.2. The zero-order valence-electron chi connectivity index (χ0n) is 15.3. The monoisotopic (exact) mass is 366 g/mol. The van der Waals surface area contributed by atoms with Crippen LogP contribution < -0.4 is 14.8 Å². The molecule has 2 atom stereocenters. The summed E-state index contributed by atoms with van der Waals surface area (Å²) >= 11 is 0. The number of ether oxygens (including phenoxy) is 2. The summed E-state index contributed by atoms with van der Waals surface area (Å²) in [4.78, 5) is 12.6. The van der Waals surface area contributed by atoms with Crippen LogP contribution in [0.4, 0.5) is 0 Å². The molecule has 2 unspecified atom stereocenters. The van der Waals surface area contributed by atoms with Gasteiger partial charge in [-0.15, -0.1) is 0 Å². The molecular formula is C20H22N4O3. The van der Waals surface area contributed by atoms with Crippen molar-refractivity contribution in [2.24, 2.45) is 0 Å². The second-order valence-electron chi connectivity index (χ2n) is 7.03. The van der Waals surface area contributed by atoms with E-state index in [0.29, 0.717) is 30.2 Å². The topological polar surface area (TPSA) is 89.2 Å². The molecule has 0 bridgehead atoms. The number of carbonyl (C=O) groups excluding carboxylic acids is 1. The Kier molecular flexibility index (Phi) is 4.71. The summed E-state index contributed by atoms with van der Waals surface area (Å²) in [5, 5.41) is 16.4. The van der Waals surface area contributed by atoms with E-state index in [4.69, 9.17) is 14.7 Å². The van der Waals surface area contributed by atoms with Crippen molar-refractivity contribution in [2.75, 3.05) is 6.61 Å². The van der Waals surface area contributed by atoms with Crippen molar-refractivity contribution in [1.29, 1.82) is 5.26 Å². The van der Waals surface area contributed by atoms with Gasteiger partial charge in [0.05, 0.1) is 17.7 Å². The fourth-order valence-corrected chi connectivity index (χ4v) is 3.60. The molecule has 1 amide bonds. The lowest BCUT2D eigenvalue weighted by molar-refractivity contribution is 0.0909. The van der Waals surface area contributed by atoms with E-state index in [9.17, 15) is 4.79 Å². The van der Waals surface area contributed by atoms with Gasteiger partial charge in [0.1, 0.15) is 18.5 Å². The third kappa shape index (κ3) is 3.61. The Balaban J connectivity index is 1.42. The lowest BCUT2D eigenvalue weighted by atomic mass is 10.0. The van der Waals surface area contributed by atoms with Crippen molar-refractivity contribution in [3.63, 3.8) is 0 Å². The molecule has 0 spiro atoms. The second kappa shape index (κ2) is 7.31. The minimum atomic E-state index is -0.235. The summed E-state index contributed by atoms with van der Waals surface area (Å²) in [7, 11) is 0. The van der Waals surface area contributed by atoms with Crippen LogP contribution in [-0.2, 0) is 13.0 Å². The van der Waals surface area contributed by atoms with Gasteiger partial charge in [0.2, 0.25) is 5.88 Å². The molecule has 0 aliphatic carbocycles. The molecule has 0 radical (unpaired) electrons. The molecule has 2 aliphatic heterocycles. The van der Waals surface area contributed by atoms with Crippen molar-refractivity contribution >= 4 is 5.91 Å². The van der Waals surface area contributed by atoms with Crippen LogP contribution in [0.2, 0.25) is 0 Å². The van der Waals surface area contributed by atoms with E-state index in [2.05, 4.69) is 23.4 Å². The fourth-order valence-electron chi connectivity index (χ4n) is 3.60. The van der Waals surface area contributed by atoms with Crippen LogP contribution in [0.1, 0.15) is 47.8 Å². The van der Waals surface area contributed by atoms with Gasteiger partial charge in [0.25, 0.3) is 5.91 Å². The zero-order chi connectivity index (χ0) is 18.8. The predicted octanol–water partition coefficient (Wildman–Crippen LogP) is 2.44. The van der Waals surface area contributed by atoms with Crippen LogP contribution in [0.5, 0.6) is 11.6 Å². The number of nitrogens with zero attached hydrogens (tertiary/aromatic N) is 3. The molecule has 1 aromatic heterocycles. The SMILES string of the molecule is CCCC1CCn2nc(C(=O)NC3COc4ccc(C#N)cc4C3)cc2O1. The molecule has 0 saturated heterocycles. The number of aromatic nitrogens is 2. The highest BCUT2D eigenvalue weighted by Crippen LogP contribution is 2.27. The number of nitriles is 1. The number of benzene rings is 1. The summed E-state index contributed by atoms with van der Waals surface area (Å²) in [6, 6.07) is 9.03. The average Bonchev–Trinajstić information content (AvgIpc) is 3.11. The first-order valence-corrected chi connectivity index (χ1v) is 9.37. The van der Waals surface area contributed by atoms with Crippen LogP contribution in [0.3, 0.4) is 0 Å². The van der Waals surface area contributed by atoms with Crippen LogP contribution in [0.15, 0.2) is 24.3 Å². The maximum atomic E-state index is 12.6.